The van der Waals surface area contributed by atoms with E-state index in [0.29, 0.717) is 50.6 Å². The number of halogens is 1. The second-order valence-electron chi connectivity index (χ2n) is 5.97. The lowest BCUT2D eigenvalue weighted by Crippen LogP contribution is -2.36. The summed E-state index contributed by atoms with van der Waals surface area (Å²) in [7, 11) is 0. The fraction of sp³-hybridized carbons (Fsp3) is 0.316. The third-order valence-electron chi connectivity index (χ3n) is 4.27. The van der Waals surface area contributed by atoms with Gasteiger partial charge < -0.3 is 20.7 Å². The van der Waals surface area contributed by atoms with Gasteiger partial charge >= 0.3 is 0 Å². The Bertz CT molecular complexity index is 728. The zero-order chi connectivity index (χ0) is 17.6. The van der Waals surface area contributed by atoms with Gasteiger partial charge in [0.15, 0.2) is 0 Å². The van der Waals surface area contributed by atoms with Crippen molar-refractivity contribution in [3.05, 3.63) is 65.0 Å². The van der Waals surface area contributed by atoms with Crippen molar-refractivity contribution in [1.82, 2.24) is 5.32 Å². The van der Waals surface area contributed by atoms with E-state index in [9.17, 15) is 9.18 Å². The van der Waals surface area contributed by atoms with E-state index in [1.165, 1.54) is 6.07 Å². The molecule has 3 N–H and O–H groups in total. The fourth-order valence-corrected chi connectivity index (χ4v) is 2.79. The van der Waals surface area contributed by atoms with Crippen LogP contribution in [0.15, 0.2) is 42.5 Å². The number of hydrogen-bond donors (Lipinski definition) is 2. The Balaban J connectivity index is 1.62. The van der Waals surface area contributed by atoms with E-state index in [0.717, 1.165) is 11.1 Å². The standard InChI is InChI=1S/C19H22FN3O2/c20-17-11-16(5-6-18(17)23-7-9-25-10-8-23)19(24)22-13-15-3-1-14(12-21)2-4-15/h1-6,11H,7-10,12-13,21H2,(H,22,24). The highest BCUT2D eigenvalue weighted by Gasteiger charge is 2.16. The van der Waals surface area contributed by atoms with Crippen molar-refractivity contribution >= 4 is 11.6 Å². The molecule has 132 valence electrons. The number of nitrogens with zero attached hydrogens (tertiary/aromatic N) is 1. The molecule has 1 fully saturated rings. The van der Waals surface area contributed by atoms with Gasteiger partial charge in [0.05, 0.1) is 18.9 Å². The van der Waals surface area contributed by atoms with Crippen LogP contribution in [0.2, 0.25) is 0 Å². The van der Waals surface area contributed by atoms with E-state index in [4.69, 9.17) is 10.5 Å². The van der Waals surface area contributed by atoms with E-state index < -0.39 is 0 Å². The Kier molecular flexibility index (Phi) is 5.63. The minimum Gasteiger partial charge on any atom is -0.378 e. The summed E-state index contributed by atoms with van der Waals surface area (Å²) in [5, 5.41) is 2.81. The molecular weight excluding hydrogens is 321 g/mol. The molecule has 5 nitrogen and oxygen atoms in total. The molecule has 25 heavy (non-hydrogen) atoms. The molecule has 0 atom stereocenters. The summed E-state index contributed by atoms with van der Waals surface area (Å²) in [5.74, 6) is -0.683. The van der Waals surface area contributed by atoms with E-state index in [-0.39, 0.29) is 11.7 Å². The van der Waals surface area contributed by atoms with Gasteiger partial charge in [0.1, 0.15) is 5.82 Å². The van der Waals surface area contributed by atoms with Crippen molar-refractivity contribution in [3.8, 4) is 0 Å². The number of anilines is 1. The first-order chi connectivity index (χ1) is 12.2. The number of ether oxygens (including phenoxy) is 1. The van der Waals surface area contributed by atoms with Gasteiger partial charge in [0.25, 0.3) is 5.91 Å². The minimum atomic E-state index is -0.387. The number of carbonyl (C=O) groups excluding carboxylic acids is 1. The first-order valence-corrected chi connectivity index (χ1v) is 8.35. The van der Waals surface area contributed by atoms with Gasteiger partial charge in [-0.15, -0.1) is 0 Å². The zero-order valence-electron chi connectivity index (χ0n) is 14.0. The van der Waals surface area contributed by atoms with E-state index in [2.05, 4.69) is 5.32 Å². The Morgan fingerprint density at radius 3 is 2.44 bits per heavy atom. The molecule has 2 aromatic rings. The Labute approximate surface area is 146 Å². The normalized spacial score (nSPS) is 14.4. The molecular formula is C19H22FN3O2. The van der Waals surface area contributed by atoms with Crippen molar-refractivity contribution in [3.63, 3.8) is 0 Å². The van der Waals surface area contributed by atoms with Crippen LogP contribution < -0.4 is 16.0 Å². The fourth-order valence-electron chi connectivity index (χ4n) is 2.79. The highest BCUT2D eigenvalue weighted by Crippen LogP contribution is 2.21. The van der Waals surface area contributed by atoms with Gasteiger partial charge in [-0.2, -0.15) is 0 Å². The Morgan fingerprint density at radius 2 is 1.80 bits per heavy atom. The number of carbonyl (C=O) groups is 1. The van der Waals surface area contributed by atoms with Gasteiger partial charge in [-0.05, 0) is 29.3 Å². The van der Waals surface area contributed by atoms with Crippen molar-refractivity contribution < 1.29 is 13.9 Å². The van der Waals surface area contributed by atoms with E-state index in [1.807, 2.05) is 29.2 Å². The number of morpholine rings is 1. The lowest BCUT2D eigenvalue weighted by molar-refractivity contribution is 0.0950. The first-order valence-electron chi connectivity index (χ1n) is 8.35. The van der Waals surface area contributed by atoms with Crippen LogP contribution in [-0.4, -0.2) is 32.2 Å². The first kappa shape index (κ1) is 17.4. The quantitative estimate of drug-likeness (QED) is 0.872. The van der Waals surface area contributed by atoms with Gasteiger partial charge in [0, 0.05) is 31.7 Å². The van der Waals surface area contributed by atoms with Crippen molar-refractivity contribution in [1.29, 1.82) is 0 Å². The lowest BCUT2D eigenvalue weighted by Gasteiger charge is -2.29. The minimum absolute atomic E-state index is 0.296. The molecule has 0 aromatic heterocycles. The summed E-state index contributed by atoms with van der Waals surface area (Å²) in [6.45, 7) is 3.36. The molecule has 2 aromatic carbocycles. The summed E-state index contributed by atoms with van der Waals surface area (Å²) in [5.41, 5.74) is 8.39. The van der Waals surface area contributed by atoms with Crippen LogP contribution in [0.4, 0.5) is 10.1 Å². The lowest BCUT2D eigenvalue weighted by atomic mass is 10.1. The molecule has 3 rings (SSSR count). The van der Waals surface area contributed by atoms with Crippen molar-refractivity contribution in [2.75, 3.05) is 31.2 Å². The van der Waals surface area contributed by atoms with Crippen LogP contribution in [0.25, 0.3) is 0 Å². The molecule has 0 saturated carbocycles. The third kappa shape index (κ3) is 4.35. The molecule has 1 amide bonds. The molecule has 1 aliphatic heterocycles. The molecule has 1 saturated heterocycles. The maximum absolute atomic E-state index is 14.4. The summed E-state index contributed by atoms with van der Waals surface area (Å²) in [6.07, 6.45) is 0. The van der Waals surface area contributed by atoms with Gasteiger partial charge in [0.2, 0.25) is 0 Å². The summed E-state index contributed by atoms with van der Waals surface area (Å²) in [6, 6.07) is 12.3. The molecule has 6 heteroatoms. The maximum atomic E-state index is 14.4. The Morgan fingerprint density at radius 1 is 1.12 bits per heavy atom. The molecule has 1 aliphatic rings. The molecule has 0 aliphatic carbocycles. The van der Waals surface area contributed by atoms with Crippen LogP contribution in [-0.2, 0) is 17.8 Å². The molecule has 0 spiro atoms. The van der Waals surface area contributed by atoms with E-state index >= 15 is 0 Å². The SMILES string of the molecule is NCc1ccc(CNC(=O)c2ccc(N3CCOCC3)c(F)c2)cc1. The van der Waals surface area contributed by atoms with Crippen LogP contribution >= 0.6 is 0 Å². The summed E-state index contributed by atoms with van der Waals surface area (Å²) < 4.78 is 19.6. The zero-order valence-corrected chi connectivity index (χ0v) is 14.0. The van der Waals surface area contributed by atoms with Crippen molar-refractivity contribution in [2.24, 2.45) is 5.73 Å². The topological polar surface area (TPSA) is 67.6 Å². The van der Waals surface area contributed by atoms with Gasteiger partial charge in [-0.3, -0.25) is 4.79 Å². The monoisotopic (exact) mass is 343 g/mol. The number of nitrogens with two attached hydrogens (primary N) is 1. The number of nitrogens with one attached hydrogen (secondary N) is 1. The molecule has 0 unspecified atom stereocenters. The second-order valence-corrected chi connectivity index (χ2v) is 5.97. The molecule has 0 bridgehead atoms. The van der Waals surface area contributed by atoms with E-state index in [1.54, 1.807) is 12.1 Å². The largest absolute Gasteiger partial charge is 0.378 e. The molecule has 1 heterocycles. The summed E-state index contributed by atoms with van der Waals surface area (Å²) in [4.78, 5) is 14.2. The average Bonchev–Trinajstić information content (AvgIpc) is 2.67. The average molecular weight is 343 g/mol. The smallest absolute Gasteiger partial charge is 0.251 e. The Hall–Kier alpha value is -2.44. The predicted octanol–water partition coefficient (Wildman–Crippen LogP) is 2.05. The van der Waals surface area contributed by atoms with Crippen LogP contribution in [0, 0.1) is 5.82 Å². The predicted molar refractivity (Wildman–Crippen MR) is 94.9 cm³/mol. The summed E-state index contributed by atoms with van der Waals surface area (Å²) >= 11 is 0. The maximum Gasteiger partial charge on any atom is 0.251 e. The highest BCUT2D eigenvalue weighted by molar-refractivity contribution is 5.94. The van der Waals surface area contributed by atoms with Crippen molar-refractivity contribution in [2.45, 2.75) is 13.1 Å². The number of benzene rings is 2. The van der Waals surface area contributed by atoms with Crippen LogP contribution in [0.3, 0.4) is 0 Å². The third-order valence-corrected chi connectivity index (χ3v) is 4.27. The highest BCUT2D eigenvalue weighted by atomic mass is 19.1. The van der Waals surface area contributed by atoms with Gasteiger partial charge in [-0.25, -0.2) is 4.39 Å². The van der Waals surface area contributed by atoms with Gasteiger partial charge in [-0.1, -0.05) is 24.3 Å². The second kappa shape index (κ2) is 8.09. The molecule has 0 radical (unpaired) electrons. The van der Waals surface area contributed by atoms with Crippen LogP contribution in [0.5, 0.6) is 0 Å². The van der Waals surface area contributed by atoms with Crippen LogP contribution in [0.1, 0.15) is 21.5 Å². The number of rotatable bonds is 5. The number of amides is 1. The number of hydrogen-bond acceptors (Lipinski definition) is 4.